The quantitative estimate of drug-likeness (QED) is 0.644. The van der Waals surface area contributed by atoms with Gasteiger partial charge in [0.2, 0.25) is 0 Å². The minimum atomic E-state index is -0.322. The van der Waals surface area contributed by atoms with E-state index in [0.717, 1.165) is 6.42 Å². The lowest BCUT2D eigenvalue weighted by atomic mass is 9.97. The van der Waals surface area contributed by atoms with Gasteiger partial charge in [0.15, 0.2) is 0 Å². The van der Waals surface area contributed by atoms with Crippen molar-refractivity contribution in [3.63, 3.8) is 0 Å². The molecule has 1 saturated carbocycles. The third-order valence-corrected chi connectivity index (χ3v) is 4.29. The Bertz CT molecular complexity index is 476. The molecule has 1 aromatic rings. The highest BCUT2D eigenvalue weighted by molar-refractivity contribution is 5.76. The summed E-state index contributed by atoms with van der Waals surface area (Å²) in [6, 6.07) is 5.67. The standard InChI is InChI=1S/C14H21N3O2/c1-9-7-8-11(10(9)2)16-13-6-4-5-12(15-3)14(13)17(18)19/h4-6,9-11,15-16H,7-8H2,1-3H3. The van der Waals surface area contributed by atoms with Crippen LogP contribution in [0, 0.1) is 22.0 Å². The molecule has 3 unspecified atom stereocenters. The van der Waals surface area contributed by atoms with Crippen molar-refractivity contribution in [2.24, 2.45) is 11.8 Å². The first-order chi connectivity index (χ1) is 9.04. The van der Waals surface area contributed by atoms with Crippen LogP contribution in [-0.4, -0.2) is 18.0 Å². The number of benzene rings is 1. The van der Waals surface area contributed by atoms with Gasteiger partial charge in [0.25, 0.3) is 0 Å². The molecule has 2 rings (SSSR count). The first-order valence-electron chi connectivity index (χ1n) is 6.76. The van der Waals surface area contributed by atoms with Crippen molar-refractivity contribution in [1.82, 2.24) is 0 Å². The van der Waals surface area contributed by atoms with Gasteiger partial charge < -0.3 is 10.6 Å². The maximum atomic E-state index is 11.2. The average molecular weight is 263 g/mol. The lowest BCUT2D eigenvalue weighted by Crippen LogP contribution is -2.24. The van der Waals surface area contributed by atoms with Gasteiger partial charge in [0.1, 0.15) is 11.4 Å². The molecule has 1 aliphatic carbocycles. The topological polar surface area (TPSA) is 67.2 Å². The lowest BCUT2D eigenvalue weighted by Gasteiger charge is -2.21. The van der Waals surface area contributed by atoms with E-state index in [0.29, 0.717) is 29.3 Å². The molecule has 5 nitrogen and oxygen atoms in total. The van der Waals surface area contributed by atoms with Crippen LogP contribution in [0.2, 0.25) is 0 Å². The van der Waals surface area contributed by atoms with Gasteiger partial charge in [0, 0.05) is 13.1 Å². The van der Waals surface area contributed by atoms with Crippen LogP contribution in [0.3, 0.4) is 0 Å². The third kappa shape index (κ3) is 2.64. The van der Waals surface area contributed by atoms with Crippen molar-refractivity contribution in [1.29, 1.82) is 0 Å². The smallest absolute Gasteiger partial charge is 0.315 e. The molecule has 0 aliphatic heterocycles. The second-order valence-corrected chi connectivity index (χ2v) is 5.37. The summed E-state index contributed by atoms with van der Waals surface area (Å²) in [6.45, 7) is 4.45. The molecule has 104 valence electrons. The van der Waals surface area contributed by atoms with Gasteiger partial charge in [-0.25, -0.2) is 0 Å². The summed E-state index contributed by atoms with van der Waals surface area (Å²) < 4.78 is 0. The molecule has 0 radical (unpaired) electrons. The molecule has 0 bridgehead atoms. The summed E-state index contributed by atoms with van der Waals surface area (Å²) >= 11 is 0. The maximum Gasteiger partial charge on any atom is 0.315 e. The zero-order valence-corrected chi connectivity index (χ0v) is 11.6. The molecule has 5 heteroatoms. The van der Waals surface area contributed by atoms with E-state index in [4.69, 9.17) is 0 Å². The van der Waals surface area contributed by atoms with Crippen molar-refractivity contribution in [3.8, 4) is 0 Å². The van der Waals surface area contributed by atoms with Crippen LogP contribution < -0.4 is 10.6 Å². The second-order valence-electron chi connectivity index (χ2n) is 5.37. The van der Waals surface area contributed by atoms with E-state index in [9.17, 15) is 10.1 Å². The van der Waals surface area contributed by atoms with E-state index in [1.165, 1.54) is 6.42 Å². The SMILES string of the molecule is CNc1cccc(NC2CCC(C)C2C)c1[N+](=O)[O-]. The normalized spacial score (nSPS) is 26.2. The molecule has 19 heavy (non-hydrogen) atoms. The number of hydrogen-bond donors (Lipinski definition) is 2. The summed E-state index contributed by atoms with van der Waals surface area (Å²) in [4.78, 5) is 10.9. The summed E-state index contributed by atoms with van der Waals surface area (Å²) in [5.74, 6) is 1.21. The molecule has 3 atom stereocenters. The van der Waals surface area contributed by atoms with Crippen molar-refractivity contribution in [2.75, 3.05) is 17.7 Å². The molecule has 1 aromatic carbocycles. The van der Waals surface area contributed by atoms with E-state index in [2.05, 4.69) is 24.5 Å². The molecule has 2 N–H and O–H groups in total. The summed E-state index contributed by atoms with van der Waals surface area (Å²) in [6.07, 6.45) is 2.25. The average Bonchev–Trinajstić information content (AvgIpc) is 2.70. The van der Waals surface area contributed by atoms with Gasteiger partial charge in [-0.2, -0.15) is 0 Å². The number of para-hydroxylation sites is 1. The van der Waals surface area contributed by atoms with Crippen molar-refractivity contribution < 1.29 is 4.92 Å². The Morgan fingerprint density at radius 2 is 1.95 bits per heavy atom. The summed E-state index contributed by atoms with van der Waals surface area (Å²) in [5.41, 5.74) is 1.30. The van der Waals surface area contributed by atoms with Crippen LogP contribution >= 0.6 is 0 Å². The summed E-state index contributed by atoms with van der Waals surface area (Å²) in [5, 5.41) is 17.5. The molecular weight excluding hydrogens is 242 g/mol. The Kier molecular flexibility index (Phi) is 3.93. The first kappa shape index (κ1) is 13.6. The lowest BCUT2D eigenvalue weighted by molar-refractivity contribution is -0.383. The van der Waals surface area contributed by atoms with Gasteiger partial charge in [-0.1, -0.05) is 19.9 Å². The number of rotatable bonds is 4. The number of hydrogen-bond acceptors (Lipinski definition) is 4. The molecule has 0 aromatic heterocycles. The Morgan fingerprint density at radius 1 is 1.26 bits per heavy atom. The predicted octanol–water partition coefficient (Wildman–Crippen LogP) is 3.48. The zero-order chi connectivity index (χ0) is 14.0. The fourth-order valence-corrected chi connectivity index (χ4v) is 2.83. The highest BCUT2D eigenvalue weighted by Gasteiger charge is 2.31. The van der Waals surface area contributed by atoms with Gasteiger partial charge in [-0.15, -0.1) is 0 Å². The fraction of sp³-hybridized carbons (Fsp3) is 0.571. The number of nitro benzene ring substituents is 1. The van der Waals surface area contributed by atoms with Crippen LogP contribution in [0.1, 0.15) is 26.7 Å². The zero-order valence-electron chi connectivity index (χ0n) is 11.6. The predicted molar refractivity (Wildman–Crippen MR) is 77.6 cm³/mol. The van der Waals surface area contributed by atoms with Gasteiger partial charge >= 0.3 is 5.69 Å². The Balaban J connectivity index is 2.27. The number of nitrogens with one attached hydrogen (secondary N) is 2. The highest BCUT2D eigenvalue weighted by Crippen LogP contribution is 2.37. The molecule has 0 spiro atoms. The maximum absolute atomic E-state index is 11.2. The van der Waals surface area contributed by atoms with Crippen LogP contribution in [-0.2, 0) is 0 Å². The van der Waals surface area contributed by atoms with Crippen LogP contribution in [0.15, 0.2) is 18.2 Å². The minimum absolute atomic E-state index is 0.136. The van der Waals surface area contributed by atoms with E-state index in [-0.39, 0.29) is 10.6 Å². The van der Waals surface area contributed by atoms with Gasteiger partial charge in [-0.05, 0) is 36.8 Å². The highest BCUT2D eigenvalue weighted by atomic mass is 16.6. The monoisotopic (exact) mass is 263 g/mol. The van der Waals surface area contributed by atoms with Gasteiger partial charge in [0.05, 0.1) is 4.92 Å². The molecule has 1 fully saturated rings. The Morgan fingerprint density at radius 3 is 2.47 bits per heavy atom. The largest absolute Gasteiger partial charge is 0.382 e. The van der Waals surface area contributed by atoms with Crippen LogP contribution in [0.5, 0.6) is 0 Å². The molecule has 0 amide bonds. The van der Waals surface area contributed by atoms with Crippen molar-refractivity contribution in [3.05, 3.63) is 28.3 Å². The van der Waals surface area contributed by atoms with Crippen LogP contribution in [0.25, 0.3) is 0 Å². The van der Waals surface area contributed by atoms with Crippen LogP contribution in [0.4, 0.5) is 17.1 Å². The molecule has 0 saturated heterocycles. The van der Waals surface area contributed by atoms with E-state index in [1.54, 1.807) is 19.2 Å². The number of nitro groups is 1. The van der Waals surface area contributed by atoms with E-state index in [1.807, 2.05) is 6.07 Å². The van der Waals surface area contributed by atoms with E-state index >= 15 is 0 Å². The minimum Gasteiger partial charge on any atom is -0.382 e. The molecule has 0 heterocycles. The number of nitrogens with zero attached hydrogens (tertiary/aromatic N) is 1. The van der Waals surface area contributed by atoms with Gasteiger partial charge in [-0.3, -0.25) is 10.1 Å². The molecule has 1 aliphatic rings. The first-order valence-corrected chi connectivity index (χ1v) is 6.76. The Labute approximate surface area is 113 Å². The molecular formula is C14H21N3O2. The van der Waals surface area contributed by atoms with Crippen molar-refractivity contribution >= 4 is 17.1 Å². The van der Waals surface area contributed by atoms with E-state index < -0.39 is 0 Å². The summed E-state index contributed by atoms with van der Waals surface area (Å²) in [7, 11) is 1.70. The second kappa shape index (κ2) is 5.47. The Hall–Kier alpha value is -1.78. The third-order valence-electron chi connectivity index (χ3n) is 4.29. The van der Waals surface area contributed by atoms with Crippen molar-refractivity contribution in [2.45, 2.75) is 32.7 Å². The number of anilines is 2. The fourth-order valence-electron chi connectivity index (χ4n) is 2.83.